The van der Waals surface area contributed by atoms with Crippen molar-refractivity contribution in [3.63, 3.8) is 0 Å². The number of hydrogen-bond donors (Lipinski definition) is 2. The fourth-order valence-corrected chi connectivity index (χ4v) is 7.84. The second kappa shape index (κ2) is 11.3. The Morgan fingerprint density at radius 1 is 1.14 bits per heavy atom. The SMILES string of the molecule is COc1cccc2c1CC1(CCN(c3cnc4nc(Sc5ccnc(N)c5Cl)ccc4n3)CC1)[C@@H]2N[S@+]([O-])C(C)(C)C. The molecule has 12 heteroatoms. The molecule has 1 aromatic carbocycles. The van der Waals surface area contributed by atoms with Crippen LogP contribution in [0.1, 0.15) is 50.8 Å². The molecule has 42 heavy (non-hydrogen) atoms. The van der Waals surface area contributed by atoms with Crippen LogP contribution >= 0.6 is 23.4 Å². The number of nitrogens with zero attached hydrogens (tertiary/aromatic N) is 5. The maximum absolute atomic E-state index is 13.3. The molecule has 1 saturated heterocycles. The molecule has 0 unspecified atom stereocenters. The number of pyridine rings is 2. The highest BCUT2D eigenvalue weighted by molar-refractivity contribution is 7.99. The Kier molecular flexibility index (Phi) is 7.90. The highest BCUT2D eigenvalue weighted by atomic mass is 35.5. The molecule has 4 heterocycles. The summed E-state index contributed by atoms with van der Waals surface area (Å²) >= 11 is 6.52. The average Bonchev–Trinajstić information content (AvgIpc) is 3.27. The van der Waals surface area contributed by atoms with E-state index in [1.807, 2.05) is 51.1 Å². The van der Waals surface area contributed by atoms with Crippen LogP contribution in [0.3, 0.4) is 0 Å². The van der Waals surface area contributed by atoms with Gasteiger partial charge in [-0.1, -0.05) is 35.5 Å². The van der Waals surface area contributed by atoms with Crippen molar-refractivity contribution in [2.75, 3.05) is 30.8 Å². The van der Waals surface area contributed by atoms with Crippen molar-refractivity contribution in [3.8, 4) is 5.75 Å². The van der Waals surface area contributed by atoms with E-state index in [-0.39, 0.29) is 16.2 Å². The zero-order valence-corrected chi connectivity index (χ0v) is 26.4. The number of fused-ring (bicyclic) bond motifs is 2. The molecule has 6 rings (SSSR count). The number of nitrogen functional groups attached to an aromatic ring is 1. The first kappa shape index (κ1) is 29.3. The molecule has 9 nitrogen and oxygen atoms in total. The zero-order valence-electron chi connectivity index (χ0n) is 24.1. The van der Waals surface area contributed by atoms with E-state index in [0.717, 1.165) is 59.4 Å². The summed E-state index contributed by atoms with van der Waals surface area (Å²) in [5, 5.41) is 1.17. The minimum atomic E-state index is -1.20. The van der Waals surface area contributed by atoms with Crippen LogP contribution in [0.25, 0.3) is 11.2 Å². The van der Waals surface area contributed by atoms with Gasteiger partial charge in [0.25, 0.3) is 0 Å². The second-order valence-corrected chi connectivity index (χ2v) is 15.3. The van der Waals surface area contributed by atoms with Crippen LogP contribution in [0.15, 0.2) is 58.7 Å². The molecular weight excluding hydrogens is 590 g/mol. The van der Waals surface area contributed by atoms with Gasteiger partial charge in [-0.2, -0.15) is 0 Å². The number of nitrogens with two attached hydrogens (primary N) is 1. The smallest absolute Gasteiger partial charge is 0.179 e. The standard InChI is InChI=1S/C30H34ClN7O2S2/c1-29(2,3)42(39)37-26-18-6-5-7-21(40-4)19(18)16-30(26)11-14-38(15-12-30)23-17-34-28-20(35-23)8-9-24(36-28)41-22-10-13-33-27(32)25(22)31/h5-10,13,17,26,37H,11-12,14-16H2,1-4H3,(H2,32,33)/t26-,42-/m1/s1. The van der Waals surface area contributed by atoms with Crippen LogP contribution in [0.2, 0.25) is 5.02 Å². The molecule has 3 aromatic heterocycles. The molecule has 1 spiro atoms. The highest BCUT2D eigenvalue weighted by Gasteiger charge is 2.51. The fraction of sp³-hybridized carbons (Fsp3) is 0.400. The maximum Gasteiger partial charge on any atom is 0.179 e. The van der Waals surface area contributed by atoms with Gasteiger partial charge in [-0.25, -0.2) is 19.9 Å². The van der Waals surface area contributed by atoms with Crippen molar-refractivity contribution in [2.45, 2.75) is 60.7 Å². The van der Waals surface area contributed by atoms with Crippen LogP contribution < -0.4 is 20.1 Å². The molecule has 0 bridgehead atoms. The molecule has 2 atom stereocenters. The summed E-state index contributed by atoms with van der Waals surface area (Å²) in [5.41, 5.74) is 9.50. The number of benzene rings is 1. The first-order valence-electron chi connectivity index (χ1n) is 13.9. The van der Waals surface area contributed by atoms with Crippen LogP contribution in [-0.2, 0) is 17.8 Å². The topological polar surface area (TPSA) is 125 Å². The summed E-state index contributed by atoms with van der Waals surface area (Å²) in [6, 6.07) is 11.9. The second-order valence-electron chi connectivity index (χ2n) is 11.8. The number of methoxy groups -OCH3 is 1. The Hall–Kier alpha value is -2.83. The molecule has 0 saturated carbocycles. The van der Waals surface area contributed by atoms with Crippen molar-refractivity contribution in [2.24, 2.45) is 5.41 Å². The largest absolute Gasteiger partial charge is 0.598 e. The van der Waals surface area contributed by atoms with Gasteiger partial charge in [-0.3, -0.25) is 0 Å². The van der Waals surface area contributed by atoms with Gasteiger partial charge in [0, 0.05) is 41.0 Å². The van der Waals surface area contributed by atoms with Gasteiger partial charge in [0.2, 0.25) is 0 Å². The number of rotatable bonds is 6. The Morgan fingerprint density at radius 2 is 1.93 bits per heavy atom. The summed E-state index contributed by atoms with van der Waals surface area (Å²) < 4.78 is 22.2. The number of aromatic nitrogens is 4. The molecular formula is C30H34ClN7O2S2. The average molecular weight is 624 g/mol. The van der Waals surface area contributed by atoms with Gasteiger partial charge in [-0.05, 0) is 75.4 Å². The molecule has 3 N–H and O–H groups in total. The molecule has 2 aliphatic rings. The van der Waals surface area contributed by atoms with Crippen molar-refractivity contribution < 1.29 is 9.29 Å². The summed E-state index contributed by atoms with van der Waals surface area (Å²) in [6.07, 6.45) is 6.17. The quantitative estimate of drug-likeness (QED) is 0.256. The molecule has 1 aliphatic heterocycles. The monoisotopic (exact) mass is 623 g/mol. The molecule has 1 fully saturated rings. The van der Waals surface area contributed by atoms with Crippen LogP contribution in [-0.4, -0.2) is 49.4 Å². The lowest BCUT2D eigenvalue weighted by Gasteiger charge is -2.44. The van der Waals surface area contributed by atoms with E-state index in [0.29, 0.717) is 16.5 Å². The fourth-order valence-electron chi connectivity index (χ4n) is 5.86. The summed E-state index contributed by atoms with van der Waals surface area (Å²) in [6.45, 7) is 7.66. The Labute approximate surface area is 258 Å². The first-order valence-corrected chi connectivity index (χ1v) is 16.2. The number of halogens is 1. The van der Waals surface area contributed by atoms with E-state index in [1.54, 1.807) is 19.5 Å². The number of piperidine rings is 1. The van der Waals surface area contributed by atoms with E-state index in [4.69, 9.17) is 27.1 Å². The summed E-state index contributed by atoms with van der Waals surface area (Å²) in [7, 11) is 1.72. The lowest BCUT2D eigenvalue weighted by molar-refractivity contribution is 0.175. The lowest BCUT2D eigenvalue weighted by atomic mass is 9.73. The molecule has 0 amide bonds. The zero-order chi connectivity index (χ0) is 29.6. The molecule has 0 radical (unpaired) electrons. The highest BCUT2D eigenvalue weighted by Crippen LogP contribution is 2.54. The van der Waals surface area contributed by atoms with Crippen molar-refractivity contribution >= 4 is 57.5 Å². The number of hydrogen-bond acceptors (Lipinski definition) is 10. The van der Waals surface area contributed by atoms with Gasteiger partial charge >= 0.3 is 0 Å². The van der Waals surface area contributed by atoms with Crippen molar-refractivity contribution in [1.82, 2.24) is 24.7 Å². The molecule has 220 valence electrons. The summed E-state index contributed by atoms with van der Waals surface area (Å²) in [4.78, 5) is 21.3. The predicted molar refractivity (Wildman–Crippen MR) is 169 cm³/mol. The minimum absolute atomic E-state index is 0.0168. The van der Waals surface area contributed by atoms with Crippen LogP contribution in [0, 0.1) is 5.41 Å². The van der Waals surface area contributed by atoms with E-state index in [1.165, 1.54) is 22.9 Å². The number of anilines is 2. The van der Waals surface area contributed by atoms with Gasteiger partial charge in [0.05, 0.1) is 24.4 Å². The lowest BCUT2D eigenvalue weighted by Crippen LogP contribution is -2.49. The molecule has 4 aromatic rings. The van der Waals surface area contributed by atoms with Crippen molar-refractivity contribution in [3.05, 3.63) is 64.9 Å². The third kappa shape index (κ3) is 5.48. The van der Waals surface area contributed by atoms with Crippen LogP contribution in [0.4, 0.5) is 11.6 Å². The number of nitrogens with one attached hydrogen (secondary N) is 1. The maximum atomic E-state index is 13.3. The van der Waals surface area contributed by atoms with Gasteiger partial charge in [0.1, 0.15) is 32.7 Å². The van der Waals surface area contributed by atoms with Crippen LogP contribution in [0.5, 0.6) is 5.75 Å². The number of ether oxygens (including phenoxy) is 1. The Morgan fingerprint density at radius 3 is 2.67 bits per heavy atom. The Balaban J connectivity index is 1.21. The van der Waals surface area contributed by atoms with Crippen molar-refractivity contribution in [1.29, 1.82) is 0 Å². The third-order valence-electron chi connectivity index (χ3n) is 8.17. The molecule has 1 aliphatic carbocycles. The third-order valence-corrected chi connectivity index (χ3v) is 11.2. The van der Waals surface area contributed by atoms with Gasteiger partial charge < -0.3 is 19.9 Å². The minimum Gasteiger partial charge on any atom is -0.598 e. The summed E-state index contributed by atoms with van der Waals surface area (Å²) in [5.74, 6) is 2.03. The van der Waals surface area contributed by atoms with E-state index in [2.05, 4.69) is 30.6 Å². The van der Waals surface area contributed by atoms with E-state index < -0.39 is 11.4 Å². The van der Waals surface area contributed by atoms with Gasteiger partial charge in [0.15, 0.2) is 5.65 Å². The Bertz CT molecular complexity index is 1630. The van der Waals surface area contributed by atoms with Gasteiger partial charge in [-0.15, -0.1) is 4.72 Å². The van der Waals surface area contributed by atoms with E-state index in [9.17, 15) is 4.55 Å². The van der Waals surface area contributed by atoms with E-state index >= 15 is 0 Å². The predicted octanol–water partition coefficient (Wildman–Crippen LogP) is 5.75. The first-order chi connectivity index (χ1) is 20.1. The normalized spacial score (nSPS) is 18.8.